The first-order valence-corrected chi connectivity index (χ1v) is 7.87. The Kier molecular flexibility index (Phi) is 4.85. The molecule has 3 rings (SSSR count). The Morgan fingerprint density at radius 2 is 2.08 bits per heavy atom. The lowest BCUT2D eigenvalue weighted by Crippen LogP contribution is -2.44. The number of amides is 1. The van der Waals surface area contributed by atoms with Gasteiger partial charge in [0.1, 0.15) is 12.4 Å². The van der Waals surface area contributed by atoms with Crippen molar-refractivity contribution in [3.05, 3.63) is 46.5 Å². The largest absolute Gasteiger partial charge is 0.368 e. The van der Waals surface area contributed by atoms with Crippen molar-refractivity contribution >= 4 is 17.4 Å². The quantitative estimate of drug-likeness (QED) is 0.820. The fourth-order valence-electron chi connectivity index (χ4n) is 2.50. The predicted molar refractivity (Wildman–Crippen MR) is 91.2 cm³/mol. The smallest absolute Gasteiger partial charge is 0.269 e. The number of nitrogens with one attached hydrogen (secondary N) is 2. The summed E-state index contributed by atoms with van der Waals surface area (Å²) in [6.45, 7) is 5.22. The van der Waals surface area contributed by atoms with Crippen LogP contribution in [0.5, 0.6) is 0 Å². The number of hydrogen-bond acceptors (Lipinski definition) is 6. The Hall–Kier alpha value is -2.74. The molecule has 8 nitrogen and oxygen atoms in total. The molecule has 1 aliphatic rings. The first-order valence-electron chi connectivity index (χ1n) is 7.87. The molecule has 2 aromatic heterocycles. The van der Waals surface area contributed by atoms with E-state index in [4.69, 9.17) is 0 Å². The topological polar surface area (TPSA) is 92.2 Å². The van der Waals surface area contributed by atoms with Crippen molar-refractivity contribution in [2.24, 2.45) is 0 Å². The zero-order chi connectivity index (χ0) is 16.9. The molecule has 0 unspecified atom stereocenters. The zero-order valence-electron chi connectivity index (χ0n) is 13.5. The lowest BCUT2D eigenvalue weighted by Gasteiger charge is -2.28. The van der Waals surface area contributed by atoms with E-state index in [1.807, 2.05) is 13.0 Å². The molecule has 8 heteroatoms. The third kappa shape index (κ3) is 3.96. The van der Waals surface area contributed by atoms with Crippen LogP contribution in [0.1, 0.15) is 5.56 Å². The summed E-state index contributed by atoms with van der Waals surface area (Å²) in [6, 6.07) is 5.10. The van der Waals surface area contributed by atoms with Gasteiger partial charge in [0.05, 0.1) is 11.9 Å². The van der Waals surface area contributed by atoms with Crippen molar-refractivity contribution in [1.29, 1.82) is 0 Å². The third-order valence-corrected chi connectivity index (χ3v) is 3.81. The van der Waals surface area contributed by atoms with E-state index in [-0.39, 0.29) is 18.0 Å². The number of rotatable bonds is 4. The summed E-state index contributed by atoms with van der Waals surface area (Å²) >= 11 is 0. The molecular weight excluding hydrogens is 308 g/mol. The highest BCUT2D eigenvalue weighted by atomic mass is 16.2. The van der Waals surface area contributed by atoms with Crippen LogP contribution in [0.4, 0.5) is 11.5 Å². The third-order valence-electron chi connectivity index (χ3n) is 3.81. The molecule has 2 aromatic rings. The predicted octanol–water partition coefficient (Wildman–Crippen LogP) is -0.00498. The van der Waals surface area contributed by atoms with Gasteiger partial charge in [0.15, 0.2) is 0 Å². The maximum absolute atomic E-state index is 12.2. The number of carbonyl (C=O) groups excluding carboxylic acids is 1. The van der Waals surface area contributed by atoms with Crippen LogP contribution in [0.15, 0.2) is 35.4 Å². The lowest BCUT2D eigenvalue weighted by atomic mass is 10.3. The Balaban J connectivity index is 1.65. The van der Waals surface area contributed by atoms with Gasteiger partial charge in [0.25, 0.3) is 5.56 Å². The summed E-state index contributed by atoms with van der Waals surface area (Å²) < 4.78 is 1.15. The summed E-state index contributed by atoms with van der Waals surface area (Å²) in [5.41, 5.74) is 1.51. The van der Waals surface area contributed by atoms with Gasteiger partial charge in [0, 0.05) is 38.4 Å². The molecule has 24 heavy (non-hydrogen) atoms. The molecule has 1 amide bonds. The molecule has 0 aromatic carbocycles. The lowest BCUT2D eigenvalue weighted by molar-refractivity contribution is -0.117. The van der Waals surface area contributed by atoms with Crippen molar-refractivity contribution < 1.29 is 4.79 Å². The fraction of sp³-hybridized carbons (Fsp3) is 0.375. The highest BCUT2D eigenvalue weighted by Crippen LogP contribution is 2.10. The van der Waals surface area contributed by atoms with E-state index < -0.39 is 0 Å². The van der Waals surface area contributed by atoms with Crippen LogP contribution in [-0.2, 0) is 11.3 Å². The minimum atomic E-state index is -0.337. The van der Waals surface area contributed by atoms with Crippen LogP contribution in [0.3, 0.4) is 0 Å². The van der Waals surface area contributed by atoms with E-state index >= 15 is 0 Å². The molecule has 0 atom stereocenters. The van der Waals surface area contributed by atoms with Gasteiger partial charge in [-0.05, 0) is 18.6 Å². The van der Waals surface area contributed by atoms with Gasteiger partial charge in [-0.2, -0.15) is 5.10 Å². The van der Waals surface area contributed by atoms with Crippen molar-refractivity contribution in [2.45, 2.75) is 13.5 Å². The first kappa shape index (κ1) is 16.1. The number of aryl methyl sites for hydroxylation is 1. The van der Waals surface area contributed by atoms with E-state index in [0.29, 0.717) is 5.82 Å². The van der Waals surface area contributed by atoms with Crippen LogP contribution in [0.2, 0.25) is 0 Å². The molecule has 0 saturated carbocycles. The normalized spacial score (nSPS) is 14.5. The van der Waals surface area contributed by atoms with Gasteiger partial charge >= 0.3 is 0 Å². The maximum atomic E-state index is 12.2. The summed E-state index contributed by atoms with van der Waals surface area (Å²) in [7, 11) is 0. The molecular formula is C16H20N6O2. The summed E-state index contributed by atoms with van der Waals surface area (Å²) in [6.07, 6.45) is 3.30. The van der Waals surface area contributed by atoms with Gasteiger partial charge in [-0.3, -0.25) is 9.59 Å². The van der Waals surface area contributed by atoms with Gasteiger partial charge in [-0.25, -0.2) is 9.67 Å². The van der Waals surface area contributed by atoms with Crippen molar-refractivity contribution in [3.8, 4) is 0 Å². The number of piperazine rings is 1. The molecule has 0 radical (unpaired) electrons. The summed E-state index contributed by atoms with van der Waals surface area (Å²) in [5.74, 6) is 0.118. The van der Waals surface area contributed by atoms with E-state index in [2.05, 4.69) is 25.6 Å². The Morgan fingerprint density at radius 3 is 2.75 bits per heavy atom. The second kappa shape index (κ2) is 7.22. The van der Waals surface area contributed by atoms with Crippen LogP contribution >= 0.6 is 0 Å². The number of carbonyl (C=O) groups is 1. The van der Waals surface area contributed by atoms with Crippen LogP contribution < -0.4 is 21.1 Å². The number of aromatic nitrogens is 3. The number of nitrogens with zero attached hydrogens (tertiary/aromatic N) is 4. The van der Waals surface area contributed by atoms with Crippen LogP contribution in [0.25, 0.3) is 0 Å². The Labute approximate surface area is 139 Å². The molecule has 1 saturated heterocycles. The molecule has 0 spiro atoms. The maximum Gasteiger partial charge on any atom is 0.269 e. The van der Waals surface area contributed by atoms with Crippen molar-refractivity contribution in [1.82, 2.24) is 20.1 Å². The number of anilines is 2. The number of hydrogen-bond donors (Lipinski definition) is 2. The molecule has 1 fully saturated rings. The standard InChI is InChI=1S/C16H20N6O2/c1-12-2-3-14(18-9-12)20-15(23)11-22-16(24)8-13(10-19-22)21-6-4-17-5-7-21/h2-3,8-10,17H,4-7,11H2,1H3,(H,18,20,23). The van der Waals surface area contributed by atoms with E-state index in [1.165, 1.54) is 6.07 Å². The second-order valence-electron chi connectivity index (χ2n) is 5.72. The minimum absolute atomic E-state index is 0.143. The highest BCUT2D eigenvalue weighted by Gasteiger charge is 2.13. The van der Waals surface area contributed by atoms with Crippen LogP contribution in [-0.4, -0.2) is 46.9 Å². The van der Waals surface area contributed by atoms with Gasteiger partial charge in [-0.1, -0.05) is 6.07 Å². The van der Waals surface area contributed by atoms with E-state index in [9.17, 15) is 9.59 Å². The Morgan fingerprint density at radius 1 is 1.29 bits per heavy atom. The minimum Gasteiger partial charge on any atom is -0.368 e. The van der Waals surface area contributed by atoms with Crippen LogP contribution in [0, 0.1) is 6.92 Å². The molecule has 2 N–H and O–H groups in total. The monoisotopic (exact) mass is 328 g/mol. The Bertz CT molecular complexity index is 765. The first-order chi connectivity index (χ1) is 11.6. The molecule has 1 aliphatic heterocycles. The van der Waals surface area contributed by atoms with E-state index in [0.717, 1.165) is 42.1 Å². The average Bonchev–Trinajstić information content (AvgIpc) is 2.59. The highest BCUT2D eigenvalue weighted by molar-refractivity contribution is 5.89. The van der Waals surface area contributed by atoms with Gasteiger partial charge in [-0.15, -0.1) is 0 Å². The second-order valence-corrected chi connectivity index (χ2v) is 5.72. The van der Waals surface area contributed by atoms with Crippen molar-refractivity contribution in [2.75, 3.05) is 36.4 Å². The van der Waals surface area contributed by atoms with Gasteiger partial charge in [0.2, 0.25) is 5.91 Å². The average molecular weight is 328 g/mol. The number of pyridine rings is 1. The SMILES string of the molecule is Cc1ccc(NC(=O)Cn2ncc(N3CCNCC3)cc2=O)nc1. The zero-order valence-corrected chi connectivity index (χ0v) is 13.5. The fourth-order valence-corrected chi connectivity index (χ4v) is 2.50. The van der Waals surface area contributed by atoms with Gasteiger partial charge < -0.3 is 15.5 Å². The van der Waals surface area contributed by atoms with Crippen molar-refractivity contribution in [3.63, 3.8) is 0 Å². The summed E-state index contributed by atoms with van der Waals surface area (Å²) in [5, 5.41) is 10.0. The molecule has 0 aliphatic carbocycles. The summed E-state index contributed by atoms with van der Waals surface area (Å²) in [4.78, 5) is 30.4. The molecule has 3 heterocycles. The molecule has 126 valence electrons. The van der Waals surface area contributed by atoms with E-state index in [1.54, 1.807) is 18.5 Å². The molecule has 0 bridgehead atoms.